The molecule has 0 amide bonds. The smallest absolute Gasteiger partial charge is 0.214 e. The Bertz CT molecular complexity index is 1180. The van der Waals surface area contributed by atoms with Crippen LogP contribution in [0.1, 0.15) is 53.8 Å². The molecular weight excluding hydrogens is 536 g/mol. The highest BCUT2D eigenvalue weighted by Gasteiger charge is 2.29. The second kappa shape index (κ2) is 13.2. The maximum atomic E-state index is 14.0. The van der Waals surface area contributed by atoms with E-state index >= 15 is 0 Å². The molecule has 4 rings (SSSR count). The topological polar surface area (TPSA) is 127 Å². The highest BCUT2D eigenvalue weighted by Crippen LogP contribution is 2.30. The molecule has 2 aromatic rings. The highest BCUT2D eigenvalue weighted by molar-refractivity contribution is 7.89. The lowest BCUT2D eigenvalue weighted by Crippen LogP contribution is -2.43. The number of piperidine rings is 1. The van der Waals surface area contributed by atoms with Gasteiger partial charge in [-0.25, -0.2) is 26.5 Å². The molecule has 0 radical (unpaired) electrons. The lowest BCUT2D eigenvalue weighted by Gasteiger charge is -2.31. The molecule has 1 aromatic heterocycles. The van der Waals surface area contributed by atoms with Gasteiger partial charge in [-0.3, -0.25) is 4.79 Å². The molecule has 13 heteroatoms. The van der Waals surface area contributed by atoms with Gasteiger partial charge in [0.1, 0.15) is 22.3 Å². The van der Waals surface area contributed by atoms with Gasteiger partial charge in [0.2, 0.25) is 15.8 Å². The Morgan fingerprint density at radius 3 is 2.50 bits per heavy atom. The van der Waals surface area contributed by atoms with Gasteiger partial charge in [0.25, 0.3) is 0 Å². The number of hydrogen-bond donors (Lipinski definition) is 3. The summed E-state index contributed by atoms with van der Waals surface area (Å²) < 4.78 is 60.5. The molecule has 0 bridgehead atoms. The maximum absolute atomic E-state index is 14.0. The second-order valence-corrected chi connectivity index (χ2v) is 12.8. The standard InChI is InChI=1S/C25H35F2N5O4S2/c26-19-3-1-4-20(27)21(19)22(33)23-24(28)31-25(37-23)30-18-6-12-32(13-7-18)38(34,35)16-2-10-29-11-5-17-8-14-36-15-9-17/h1,3-4,17-18,29H,2,5-16,28H2,(H,30,31). The Morgan fingerprint density at radius 2 is 1.82 bits per heavy atom. The largest absolute Gasteiger partial charge is 0.382 e. The number of ketones is 1. The molecule has 2 aliphatic heterocycles. The molecule has 3 heterocycles. The van der Waals surface area contributed by atoms with Gasteiger partial charge in [0.15, 0.2) is 5.13 Å². The van der Waals surface area contributed by atoms with Gasteiger partial charge in [-0.05, 0) is 69.7 Å². The van der Waals surface area contributed by atoms with Crippen LogP contribution in [0, 0.1) is 17.6 Å². The van der Waals surface area contributed by atoms with Gasteiger partial charge in [0, 0.05) is 32.3 Å². The SMILES string of the molecule is Nc1nc(NC2CCN(S(=O)(=O)CCCNCCC3CCOCC3)CC2)sc1C(=O)c1c(F)cccc1F. The summed E-state index contributed by atoms with van der Waals surface area (Å²) in [6.07, 6.45) is 4.98. The number of rotatable bonds is 12. The first kappa shape index (κ1) is 28.8. The number of aromatic nitrogens is 1. The molecule has 0 unspecified atom stereocenters. The number of halogens is 2. The van der Waals surface area contributed by atoms with Crippen molar-refractivity contribution in [3.63, 3.8) is 0 Å². The minimum atomic E-state index is -3.34. The van der Waals surface area contributed by atoms with Crippen LogP contribution in [-0.4, -0.2) is 74.7 Å². The Balaban J connectivity index is 1.20. The van der Waals surface area contributed by atoms with E-state index in [4.69, 9.17) is 10.5 Å². The number of nitrogens with zero attached hydrogens (tertiary/aromatic N) is 2. The van der Waals surface area contributed by atoms with Crippen LogP contribution in [0.25, 0.3) is 0 Å². The van der Waals surface area contributed by atoms with Gasteiger partial charge in [0.05, 0.1) is 11.3 Å². The van der Waals surface area contributed by atoms with Crippen LogP contribution in [-0.2, 0) is 14.8 Å². The summed E-state index contributed by atoms with van der Waals surface area (Å²) in [4.78, 5) is 16.8. The Labute approximate surface area is 226 Å². The van der Waals surface area contributed by atoms with E-state index in [1.54, 1.807) is 0 Å². The zero-order chi connectivity index (χ0) is 27.1. The summed E-state index contributed by atoms with van der Waals surface area (Å²) in [6.45, 7) is 4.00. The molecule has 0 atom stereocenters. The lowest BCUT2D eigenvalue weighted by molar-refractivity contribution is 0.0640. The molecule has 38 heavy (non-hydrogen) atoms. The van der Waals surface area contributed by atoms with Crippen molar-refractivity contribution >= 4 is 38.1 Å². The molecular formula is C25H35F2N5O4S2. The third-order valence-corrected chi connectivity index (χ3v) is 10.0. The Hall–Kier alpha value is -2.19. The molecule has 4 N–H and O–H groups in total. The number of ether oxygens (including phenoxy) is 1. The van der Waals surface area contributed by atoms with Crippen LogP contribution in [0.5, 0.6) is 0 Å². The third kappa shape index (κ3) is 7.47. The van der Waals surface area contributed by atoms with E-state index in [1.807, 2.05) is 0 Å². The predicted octanol–water partition coefficient (Wildman–Crippen LogP) is 3.24. The summed E-state index contributed by atoms with van der Waals surface area (Å²) in [5, 5.41) is 6.91. The maximum Gasteiger partial charge on any atom is 0.214 e. The number of sulfonamides is 1. The molecule has 1 aromatic carbocycles. The van der Waals surface area contributed by atoms with Gasteiger partial charge in [-0.1, -0.05) is 17.4 Å². The molecule has 0 spiro atoms. The van der Waals surface area contributed by atoms with Crippen molar-refractivity contribution < 1.29 is 26.7 Å². The molecule has 0 saturated carbocycles. The molecule has 2 aliphatic rings. The molecule has 0 aliphatic carbocycles. The summed E-state index contributed by atoms with van der Waals surface area (Å²) in [5.41, 5.74) is 5.21. The minimum Gasteiger partial charge on any atom is -0.382 e. The van der Waals surface area contributed by atoms with Crippen LogP contribution in [0.4, 0.5) is 19.7 Å². The van der Waals surface area contributed by atoms with Crippen LogP contribution < -0.4 is 16.4 Å². The van der Waals surface area contributed by atoms with Crippen LogP contribution in [0.3, 0.4) is 0 Å². The Kier molecular flexibility index (Phi) is 10.0. The van der Waals surface area contributed by atoms with Crippen molar-refractivity contribution in [1.29, 1.82) is 0 Å². The van der Waals surface area contributed by atoms with Gasteiger partial charge >= 0.3 is 0 Å². The fraction of sp³-hybridized carbons (Fsp3) is 0.600. The number of nitrogens with two attached hydrogens (primary N) is 1. The summed E-state index contributed by atoms with van der Waals surface area (Å²) in [6, 6.07) is 3.15. The summed E-state index contributed by atoms with van der Waals surface area (Å²) in [7, 11) is -3.34. The van der Waals surface area contributed by atoms with E-state index in [2.05, 4.69) is 15.6 Å². The lowest BCUT2D eigenvalue weighted by atomic mass is 9.97. The third-order valence-electron chi connectivity index (χ3n) is 7.05. The number of nitrogens with one attached hydrogen (secondary N) is 2. The zero-order valence-electron chi connectivity index (χ0n) is 21.3. The fourth-order valence-corrected chi connectivity index (χ4v) is 7.25. The van der Waals surface area contributed by atoms with Crippen molar-refractivity contribution in [1.82, 2.24) is 14.6 Å². The van der Waals surface area contributed by atoms with Crippen molar-refractivity contribution in [3.05, 3.63) is 40.3 Å². The van der Waals surface area contributed by atoms with Crippen LogP contribution in [0.2, 0.25) is 0 Å². The predicted molar refractivity (Wildman–Crippen MR) is 144 cm³/mol. The van der Waals surface area contributed by atoms with E-state index in [0.29, 0.717) is 49.9 Å². The second-order valence-electron chi connectivity index (χ2n) is 9.74. The van der Waals surface area contributed by atoms with E-state index in [-0.39, 0.29) is 22.5 Å². The molecule has 9 nitrogen and oxygen atoms in total. The average molecular weight is 572 g/mol. The molecule has 2 fully saturated rings. The summed E-state index contributed by atoms with van der Waals surface area (Å²) in [5.74, 6) is -2.09. The van der Waals surface area contributed by atoms with Crippen molar-refractivity contribution in [2.75, 3.05) is 56.2 Å². The van der Waals surface area contributed by atoms with Crippen molar-refractivity contribution in [2.24, 2.45) is 5.92 Å². The number of hydrogen-bond acceptors (Lipinski definition) is 9. The first-order valence-electron chi connectivity index (χ1n) is 13.0. The van der Waals surface area contributed by atoms with Gasteiger partial charge < -0.3 is 21.1 Å². The monoisotopic (exact) mass is 571 g/mol. The minimum absolute atomic E-state index is 0.0436. The van der Waals surface area contributed by atoms with E-state index < -0.39 is 33.0 Å². The quantitative estimate of drug-likeness (QED) is 0.262. The Morgan fingerprint density at radius 1 is 1.13 bits per heavy atom. The zero-order valence-corrected chi connectivity index (χ0v) is 22.9. The van der Waals surface area contributed by atoms with Crippen molar-refractivity contribution in [2.45, 2.75) is 44.6 Å². The molecule has 210 valence electrons. The van der Waals surface area contributed by atoms with Gasteiger partial charge in [-0.2, -0.15) is 0 Å². The van der Waals surface area contributed by atoms with E-state index in [1.165, 1.54) is 10.4 Å². The number of anilines is 2. The number of nitrogen functional groups attached to an aromatic ring is 1. The van der Waals surface area contributed by atoms with Crippen LogP contribution >= 0.6 is 11.3 Å². The van der Waals surface area contributed by atoms with E-state index in [0.717, 1.165) is 62.5 Å². The summed E-state index contributed by atoms with van der Waals surface area (Å²) >= 11 is 0.931. The number of carbonyl (C=O) groups excluding carboxylic acids is 1. The van der Waals surface area contributed by atoms with Crippen LogP contribution in [0.15, 0.2) is 18.2 Å². The normalized spacial score (nSPS) is 18.1. The number of carbonyl (C=O) groups is 1. The first-order chi connectivity index (χ1) is 18.2. The average Bonchev–Trinajstić information content (AvgIpc) is 3.26. The van der Waals surface area contributed by atoms with E-state index in [9.17, 15) is 22.0 Å². The van der Waals surface area contributed by atoms with Crippen molar-refractivity contribution in [3.8, 4) is 0 Å². The fourth-order valence-electron chi connectivity index (χ4n) is 4.81. The van der Waals surface area contributed by atoms with Gasteiger partial charge in [-0.15, -0.1) is 0 Å². The number of thiazole rings is 1. The highest BCUT2D eigenvalue weighted by atomic mass is 32.2. The molecule has 2 saturated heterocycles. The first-order valence-corrected chi connectivity index (χ1v) is 15.4. The number of benzene rings is 1.